The fraction of sp³-hybridized carbons (Fsp3) is 0.154. The van der Waals surface area contributed by atoms with Gasteiger partial charge in [0.15, 0.2) is 5.82 Å². The molecule has 3 nitrogen and oxygen atoms in total. The van der Waals surface area contributed by atoms with Crippen LogP contribution in [0, 0.1) is 5.82 Å². The van der Waals surface area contributed by atoms with Crippen LogP contribution in [0.3, 0.4) is 0 Å². The van der Waals surface area contributed by atoms with Crippen LogP contribution >= 0.6 is 11.6 Å². The molecule has 0 unspecified atom stereocenters. The van der Waals surface area contributed by atoms with E-state index >= 15 is 0 Å². The second-order valence-electron chi connectivity index (χ2n) is 3.45. The van der Waals surface area contributed by atoms with Crippen molar-refractivity contribution in [3.8, 4) is 17.4 Å². The van der Waals surface area contributed by atoms with Gasteiger partial charge in [0.2, 0.25) is 0 Å². The predicted molar refractivity (Wildman–Crippen MR) is 66.9 cm³/mol. The van der Waals surface area contributed by atoms with Crippen molar-refractivity contribution in [1.82, 2.24) is 4.98 Å². The quantitative estimate of drug-likeness (QED) is 0.837. The van der Waals surface area contributed by atoms with E-state index in [1.54, 1.807) is 24.3 Å². The summed E-state index contributed by atoms with van der Waals surface area (Å²) >= 11 is 5.60. The summed E-state index contributed by atoms with van der Waals surface area (Å²) in [7, 11) is 0. The average molecular weight is 268 g/mol. The molecule has 94 valence electrons. The fourth-order valence-electron chi connectivity index (χ4n) is 1.36. The maximum atomic E-state index is 13.4. The first kappa shape index (κ1) is 12.6. The Labute approximate surface area is 109 Å². The summed E-state index contributed by atoms with van der Waals surface area (Å²) in [5.74, 6) is 0.501. The van der Waals surface area contributed by atoms with Crippen molar-refractivity contribution in [3.05, 3.63) is 47.4 Å². The number of halogens is 2. The first-order chi connectivity index (χ1) is 8.69. The van der Waals surface area contributed by atoms with E-state index in [1.165, 1.54) is 6.20 Å². The van der Waals surface area contributed by atoms with E-state index in [0.29, 0.717) is 12.4 Å². The van der Waals surface area contributed by atoms with Crippen LogP contribution in [0.25, 0.3) is 0 Å². The SMILES string of the molecule is CCOc1ccc(Oc2ncc(Cl)cc2F)cc1. The van der Waals surface area contributed by atoms with Gasteiger partial charge in [-0.2, -0.15) is 0 Å². The fourth-order valence-corrected chi connectivity index (χ4v) is 1.50. The van der Waals surface area contributed by atoms with Crippen molar-refractivity contribution in [2.45, 2.75) is 6.92 Å². The van der Waals surface area contributed by atoms with Crippen LogP contribution in [-0.4, -0.2) is 11.6 Å². The molecule has 1 aromatic heterocycles. The van der Waals surface area contributed by atoms with Gasteiger partial charge in [-0.15, -0.1) is 0 Å². The highest BCUT2D eigenvalue weighted by Gasteiger charge is 2.07. The molecule has 1 heterocycles. The van der Waals surface area contributed by atoms with Crippen LogP contribution in [0.4, 0.5) is 4.39 Å². The Morgan fingerprint density at radius 1 is 1.22 bits per heavy atom. The van der Waals surface area contributed by atoms with E-state index in [2.05, 4.69) is 4.98 Å². The molecule has 0 saturated carbocycles. The molecule has 0 radical (unpaired) electrons. The Morgan fingerprint density at radius 2 is 1.89 bits per heavy atom. The summed E-state index contributed by atoms with van der Waals surface area (Å²) in [4.78, 5) is 3.77. The Morgan fingerprint density at radius 3 is 2.50 bits per heavy atom. The predicted octanol–water partition coefficient (Wildman–Crippen LogP) is 4.07. The molecule has 2 aromatic rings. The van der Waals surface area contributed by atoms with Crippen molar-refractivity contribution in [2.75, 3.05) is 6.61 Å². The smallest absolute Gasteiger partial charge is 0.255 e. The zero-order valence-corrected chi connectivity index (χ0v) is 10.4. The van der Waals surface area contributed by atoms with Gasteiger partial charge in [0.25, 0.3) is 5.88 Å². The monoisotopic (exact) mass is 267 g/mol. The van der Waals surface area contributed by atoms with Gasteiger partial charge in [0, 0.05) is 6.20 Å². The minimum atomic E-state index is -0.601. The molecule has 2 rings (SSSR count). The van der Waals surface area contributed by atoms with E-state index in [0.717, 1.165) is 11.8 Å². The number of hydrogen-bond donors (Lipinski definition) is 0. The summed E-state index contributed by atoms with van der Waals surface area (Å²) in [6.07, 6.45) is 1.33. The molecular weight excluding hydrogens is 257 g/mol. The second-order valence-corrected chi connectivity index (χ2v) is 3.88. The number of hydrogen-bond acceptors (Lipinski definition) is 3. The zero-order chi connectivity index (χ0) is 13.0. The highest BCUT2D eigenvalue weighted by molar-refractivity contribution is 6.30. The molecule has 0 fully saturated rings. The Balaban J connectivity index is 2.13. The molecule has 0 aliphatic carbocycles. The number of rotatable bonds is 4. The minimum Gasteiger partial charge on any atom is -0.494 e. The number of aromatic nitrogens is 1. The van der Waals surface area contributed by atoms with Crippen molar-refractivity contribution < 1.29 is 13.9 Å². The zero-order valence-electron chi connectivity index (χ0n) is 9.69. The second kappa shape index (κ2) is 5.69. The Kier molecular flexibility index (Phi) is 3.99. The molecule has 0 bridgehead atoms. The summed E-state index contributed by atoms with van der Waals surface area (Å²) in [5.41, 5.74) is 0. The van der Waals surface area contributed by atoms with Crippen LogP contribution in [0.1, 0.15) is 6.92 Å². The van der Waals surface area contributed by atoms with Crippen molar-refractivity contribution in [1.29, 1.82) is 0 Å². The molecule has 0 spiro atoms. The number of nitrogens with zero attached hydrogens (tertiary/aromatic N) is 1. The Bertz CT molecular complexity index is 531. The third kappa shape index (κ3) is 3.11. The summed E-state index contributed by atoms with van der Waals surface area (Å²) in [5, 5.41) is 0.228. The molecular formula is C13H11ClFNO2. The van der Waals surface area contributed by atoms with E-state index in [9.17, 15) is 4.39 Å². The molecule has 0 atom stereocenters. The molecule has 5 heteroatoms. The van der Waals surface area contributed by atoms with E-state index in [-0.39, 0.29) is 10.9 Å². The lowest BCUT2D eigenvalue weighted by Gasteiger charge is -2.07. The number of benzene rings is 1. The first-order valence-electron chi connectivity index (χ1n) is 5.41. The first-order valence-corrected chi connectivity index (χ1v) is 5.78. The lowest BCUT2D eigenvalue weighted by Crippen LogP contribution is -1.93. The lowest BCUT2D eigenvalue weighted by molar-refractivity contribution is 0.339. The molecule has 0 N–H and O–H groups in total. The molecule has 0 aliphatic rings. The van der Waals surface area contributed by atoms with Crippen molar-refractivity contribution >= 4 is 11.6 Å². The van der Waals surface area contributed by atoms with Gasteiger partial charge in [0.1, 0.15) is 11.5 Å². The largest absolute Gasteiger partial charge is 0.494 e. The van der Waals surface area contributed by atoms with Gasteiger partial charge in [-0.05, 0) is 37.3 Å². The molecule has 0 amide bonds. The summed E-state index contributed by atoms with van der Waals surface area (Å²) in [6, 6.07) is 8.00. The van der Waals surface area contributed by atoms with Gasteiger partial charge in [-0.25, -0.2) is 9.37 Å². The third-order valence-electron chi connectivity index (χ3n) is 2.12. The van der Waals surface area contributed by atoms with Crippen molar-refractivity contribution in [3.63, 3.8) is 0 Å². The molecule has 18 heavy (non-hydrogen) atoms. The Hall–Kier alpha value is -1.81. The van der Waals surface area contributed by atoms with Crippen LogP contribution in [0.2, 0.25) is 5.02 Å². The number of pyridine rings is 1. The van der Waals surface area contributed by atoms with Crippen LogP contribution in [0.5, 0.6) is 17.4 Å². The summed E-state index contributed by atoms with van der Waals surface area (Å²) < 4.78 is 24.0. The lowest BCUT2D eigenvalue weighted by atomic mass is 10.3. The normalized spacial score (nSPS) is 10.2. The highest BCUT2D eigenvalue weighted by Crippen LogP contribution is 2.25. The van der Waals surface area contributed by atoms with Crippen molar-refractivity contribution in [2.24, 2.45) is 0 Å². The van der Waals surface area contributed by atoms with Gasteiger partial charge in [-0.3, -0.25) is 0 Å². The molecule has 1 aromatic carbocycles. The van der Waals surface area contributed by atoms with Gasteiger partial charge in [-0.1, -0.05) is 11.6 Å². The maximum absolute atomic E-state index is 13.4. The van der Waals surface area contributed by atoms with Gasteiger partial charge < -0.3 is 9.47 Å². The van der Waals surface area contributed by atoms with Gasteiger partial charge >= 0.3 is 0 Å². The average Bonchev–Trinajstić information content (AvgIpc) is 2.35. The van der Waals surface area contributed by atoms with E-state index < -0.39 is 5.82 Å². The molecule has 0 saturated heterocycles. The van der Waals surface area contributed by atoms with E-state index in [4.69, 9.17) is 21.1 Å². The maximum Gasteiger partial charge on any atom is 0.255 e. The molecule has 0 aliphatic heterocycles. The standard InChI is InChI=1S/C13H11ClFNO2/c1-2-17-10-3-5-11(6-4-10)18-13-12(15)7-9(14)8-16-13/h3-8H,2H2,1H3. The van der Waals surface area contributed by atoms with E-state index in [1.807, 2.05) is 6.92 Å². The minimum absolute atomic E-state index is 0.108. The van der Waals surface area contributed by atoms with Crippen LogP contribution < -0.4 is 9.47 Å². The van der Waals surface area contributed by atoms with Gasteiger partial charge in [0.05, 0.1) is 11.6 Å². The topological polar surface area (TPSA) is 31.4 Å². The number of ether oxygens (including phenoxy) is 2. The van der Waals surface area contributed by atoms with Crippen LogP contribution in [-0.2, 0) is 0 Å². The highest BCUT2D eigenvalue weighted by atomic mass is 35.5. The van der Waals surface area contributed by atoms with Crippen LogP contribution in [0.15, 0.2) is 36.5 Å². The summed E-state index contributed by atoms with van der Waals surface area (Å²) in [6.45, 7) is 2.49. The third-order valence-corrected chi connectivity index (χ3v) is 2.33.